The fourth-order valence-corrected chi connectivity index (χ4v) is 3.59. The van der Waals surface area contributed by atoms with Gasteiger partial charge < -0.3 is 0 Å². The zero-order chi connectivity index (χ0) is 12.1. The van der Waals surface area contributed by atoms with Gasteiger partial charge in [-0.15, -0.1) is 0 Å². The van der Waals surface area contributed by atoms with Gasteiger partial charge in [0.1, 0.15) is 5.78 Å². The van der Waals surface area contributed by atoms with E-state index in [9.17, 15) is 4.79 Å². The van der Waals surface area contributed by atoms with Gasteiger partial charge in [0.05, 0.1) is 5.52 Å². The lowest BCUT2D eigenvalue weighted by atomic mass is 9.79. The highest BCUT2D eigenvalue weighted by Gasteiger charge is 2.38. The van der Waals surface area contributed by atoms with Crippen molar-refractivity contribution in [3.05, 3.63) is 41.6 Å². The number of nitrogens with zero attached hydrogens (tertiary/aromatic N) is 1. The Labute approximate surface area is 106 Å². The number of fused-ring (bicyclic) bond motifs is 4. The Bertz CT molecular complexity index is 647. The maximum atomic E-state index is 11.7. The van der Waals surface area contributed by atoms with E-state index in [0.717, 1.165) is 24.8 Å². The second-order valence-corrected chi connectivity index (χ2v) is 5.58. The van der Waals surface area contributed by atoms with Crippen LogP contribution in [0.5, 0.6) is 0 Å². The summed E-state index contributed by atoms with van der Waals surface area (Å²) in [4.78, 5) is 16.5. The summed E-state index contributed by atoms with van der Waals surface area (Å²) in [6, 6.07) is 10.5. The second-order valence-electron chi connectivity index (χ2n) is 5.58. The van der Waals surface area contributed by atoms with Gasteiger partial charge in [0.15, 0.2) is 0 Å². The van der Waals surface area contributed by atoms with Gasteiger partial charge in [0, 0.05) is 29.8 Å². The molecule has 0 N–H and O–H groups in total. The van der Waals surface area contributed by atoms with E-state index < -0.39 is 0 Å². The summed E-state index contributed by atoms with van der Waals surface area (Å²) >= 11 is 0. The SMILES string of the molecule is O=C1CC2CCc3cc4ccccc4nc3C2C1. The molecular weight excluding hydrogens is 222 g/mol. The summed E-state index contributed by atoms with van der Waals surface area (Å²) in [5.74, 6) is 1.37. The molecule has 0 amide bonds. The third-order valence-electron chi connectivity index (χ3n) is 4.48. The number of aryl methyl sites for hydroxylation is 1. The Morgan fingerprint density at radius 3 is 3.00 bits per heavy atom. The topological polar surface area (TPSA) is 30.0 Å². The number of rotatable bonds is 0. The van der Waals surface area contributed by atoms with Crippen molar-refractivity contribution in [2.45, 2.75) is 31.6 Å². The first-order chi connectivity index (χ1) is 8.81. The molecule has 1 heterocycles. The highest BCUT2D eigenvalue weighted by atomic mass is 16.1. The lowest BCUT2D eigenvalue weighted by Crippen LogP contribution is -2.17. The molecule has 2 unspecified atom stereocenters. The van der Waals surface area contributed by atoms with Crippen molar-refractivity contribution in [1.29, 1.82) is 0 Å². The number of benzene rings is 1. The predicted octanol–water partition coefficient (Wildman–Crippen LogP) is 3.24. The minimum Gasteiger partial charge on any atom is -0.300 e. The van der Waals surface area contributed by atoms with E-state index in [2.05, 4.69) is 24.3 Å². The molecule has 0 bridgehead atoms. The number of Topliss-reactive ketones (excluding diaryl/α,β-unsaturated/α-hetero) is 1. The maximum Gasteiger partial charge on any atom is 0.133 e. The monoisotopic (exact) mass is 237 g/mol. The van der Waals surface area contributed by atoms with E-state index in [4.69, 9.17) is 4.98 Å². The molecule has 0 saturated heterocycles. The van der Waals surface area contributed by atoms with Crippen LogP contribution in [0.4, 0.5) is 0 Å². The van der Waals surface area contributed by atoms with Gasteiger partial charge in [-0.3, -0.25) is 9.78 Å². The summed E-state index contributed by atoms with van der Waals surface area (Å²) in [7, 11) is 0. The van der Waals surface area contributed by atoms with Crippen LogP contribution >= 0.6 is 0 Å². The Kier molecular flexibility index (Phi) is 2.07. The number of hydrogen-bond donors (Lipinski definition) is 0. The van der Waals surface area contributed by atoms with E-state index in [1.807, 2.05) is 6.07 Å². The van der Waals surface area contributed by atoms with Crippen LogP contribution in [0.2, 0.25) is 0 Å². The van der Waals surface area contributed by atoms with Gasteiger partial charge in [-0.2, -0.15) is 0 Å². The molecular formula is C16H15NO. The largest absolute Gasteiger partial charge is 0.300 e. The van der Waals surface area contributed by atoms with Gasteiger partial charge >= 0.3 is 0 Å². The van der Waals surface area contributed by atoms with Crippen LogP contribution in [0.15, 0.2) is 30.3 Å². The molecule has 2 nitrogen and oxygen atoms in total. The molecule has 18 heavy (non-hydrogen) atoms. The molecule has 2 atom stereocenters. The highest BCUT2D eigenvalue weighted by Crippen LogP contribution is 2.44. The van der Waals surface area contributed by atoms with Crippen molar-refractivity contribution < 1.29 is 4.79 Å². The smallest absolute Gasteiger partial charge is 0.133 e. The third kappa shape index (κ3) is 1.41. The average molecular weight is 237 g/mol. The summed E-state index contributed by atoms with van der Waals surface area (Å²) in [6.45, 7) is 0. The lowest BCUT2D eigenvalue weighted by Gasteiger charge is -2.26. The minimum absolute atomic E-state index is 0.394. The van der Waals surface area contributed by atoms with Crippen molar-refractivity contribution in [1.82, 2.24) is 4.98 Å². The summed E-state index contributed by atoms with van der Waals surface area (Å²) in [5.41, 5.74) is 3.64. The van der Waals surface area contributed by atoms with Gasteiger partial charge in [-0.1, -0.05) is 18.2 Å². The van der Waals surface area contributed by atoms with Crippen molar-refractivity contribution >= 4 is 16.7 Å². The Balaban J connectivity index is 1.91. The molecule has 2 aromatic rings. The zero-order valence-electron chi connectivity index (χ0n) is 10.2. The second kappa shape index (κ2) is 3.64. The van der Waals surface area contributed by atoms with Crippen LogP contribution in [0.3, 0.4) is 0 Å². The van der Waals surface area contributed by atoms with E-state index >= 15 is 0 Å². The summed E-state index contributed by atoms with van der Waals surface area (Å²) in [6.07, 6.45) is 3.73. The first kappa shape index (κ1) is 10.2. The number of ketones is 1. The zero-order valence-corrected chi connectivity index (χ0v) is 10.2. The van der Waals surface area contributed by atoms with Crippen molar-refractivity contribution in [3.63, 3.8) is 0 Å². The van der Waals surface area contributed by atoms with Crippen LogP contribution in [0.1, 0.15) is 36.4 Å². The number of aromatic nitrogens is 1. The molecule has 0 aliphatic heterocycles. The molecule has 2 aliphatic carbocycles. The normalized spacial score (nSPS) is 26.1. The van der Waals surface area contributed by atoms with Crippen LogP contribution in [-0.2, 0) is 11.2 Å². The fraction of sp³-hybridized carbons (Fsp3) is 0.375. The molecule has 1 saturated carbocycles. The summed E-state index contributed by atoms with van der Waals surface area (Å²) < 4.78 is 0. The standard InChI is InChI=1S/C16H15NO/c18-13-8-10-5-6-12-7-11-3-1-2-4-15(11)17-16(12)14(10)9-13/h1-4,7,10,14H,5-6,8-9H2. The van der Waals surface area contributed by atoms with Gasteiger partial charge in [-0.25, -0.2) is 0 Å². The highest BCUT2D eigenvalue weighted by molar-refractivity contribution is 5.84. The first-order valence-electron chi connectivity index (χ1n) is 6.71. The molecule has 0 spiro atoms. The third-order valence-corrected chi connectivity index (χ3v) is 4.48. The quantitative estimate of drug-likeness (QED) is 0.704. The van der Waals surface area contributed by atoms with Crippen molar-refractivity contribution in [2.75, 3.05) is 0 Å². The van der Waals surface area contributed by atoms with Crippen LogP contribution in [0.25, 0.3) is 10.9 Å². The number of para-hydroxylation sites is 1. The number of hydrogen-bond acceptors (Lipinski definition) is 2. The van der Waals surface area contributed by atoms with Crippen molar-refractivity contribution in [3.8, 4) is 0 Å². The molecule has 0 radical (unpaired) electrons. The maximum absolute atomic E-state index is 11.7. The summed E-state index contributed by atoms with van der Waals surface area (Å²) in [5, 5.41) is 1.22. The minimum atomic E-state index is 0.394. The van der Waals surface area contributed by atoms with E-state index in [-0.39, 0.29) is 0 Å². The molecule has 1 aromatic carbocycles. The lowest BCUT2D eigenvalue weighted by molar-refractivity contribution is -0.117. The molecule has 2 aliphatic rings. The number of carbonyl (C=O) groups excluding carboxylic acids is 1. The molecule has 2 heteroatoms. The van der Waals surface area contributed by atoms with Gasteiger partial charge in [0.2, 0.25) is 0 Å². The molecule has 4 rings (SSSR count). The van der Waals surface area contributed by atoms with Crippen LogP contribution < -0.4 is 0 Å². The predicted molar refractivity (Wildman–Crippen MR) is 70.5 cm³/mol. The number of pyridine rings is 1. The molecule has 1 fully saturated rings. The van der Waals surface area contributed by atoms with Gasteiger partial charge in [0.25, 0.3) is 0 Å². The van der Waals surface area contributed by atoms with Crippen molar-refractivity contribution in [2.24, 2.45) is 5.92 Å². The van der Waals surface area contributed by atoms with E-state index in [0.29, 0.717) is 24.0 Å². The van der Waals surface area contributed by atoms with Crippen LogP contribution in [0, 0.1) is 5.92 Å². The Morgan fingerprint density at radius 1 is 1.17 bits per heavy atom. The Morgan fingerprint density at radius 2 is 2.06 bits per heavy atom. The number of carbonyl (C=O) groups is 1. The molecule has 1 aromatic heterocycles. The van der Waals surface area contributed by atoms with E-state index in [1.165, 1.54) is 16.6 Å². The average Bonchev–Trinajstić information content (AvgIpc) is 2.77. The molecule has 90 valence electrons. The van der Waals surface area contributed by atoms with E-state index in [1.54, 1.807) is 0 Å². The fourth-order valence-electron chi connectivity index (χ4n) is 3.59. The first-order valence-corrected chi connectivity index (χ1v) is 6.71. The van der Waals surface area contributed by atoms with Gasteiger partial charge in [-0.05, 0) is 36.5 Å². The Hall–Kier alpha value is -1.70. The van der Waals surface area contributed by atoms with Crippen LogP contribution in [-0.4, -0.2) is 10.8 Å².